The highest BCUT2D eigenvalue weighted by atomic mass is 35.5. The Hall–Kier alpha value is -0.143. The number of hydrogen-bond acceptors (Lipinski definition) is 4. The van der Waals surface area contributed by atoms with Gasteiger partial charge in [-0.05, 0) is 0 Å². The van der Waals surface area contributed by atoms with Crippen molar-refractivity contribution in [1.29, 1.82) is 0 Å². The third-order valence-electron chi connectivity index (χ3n) is 1.61. The number of amides is 1. The van der Waals surface area contributed by atoms with Crippen LogP contribution in [0.2, 0.25) is 6.04 Å². The molecule has 0 aromatic carbocycles. The smallest absolute Gasteiger partial charge is 0.377 e. The highest BCUT2D eigenvalue weighted by molar-refractivity contribution is 6.60. The average molecular weight is 244 g/mol. The Morgan fingerprint density at radius 3 is 2.14 bits per heavy atom. The molecule has 7 heteroatoms. The normalized spacial score (nSPS) is 10.8. The predicted molar refractivity (Wildman–Crippen MR) is 57.3 cm³/mol. The van der Waals surface area contributed by atoms with E-state index in [2.05, 4.69) is 0 Å². The Kier molecular flexibility index (Phi) is 9.53. The van der Waals surface area contributed by atoms with Crippen LogP contribution in [0.1, 0.15) is 13.3 Å². The second kappa shape index (κ2) is 8.19. The van der Waals surface area contributed by atoms with Crippen LogP contribution in [-0.2, 0) is 18.1 Å². The molecule has 0 spiro atoms. The van der Waals surface area contributed by atoms with Gasteiger partial charge in [-0.2, -0.15) is 0 Å². The number of primary amides is 1. The van der Waals surface area contributed by atoms with Crippen LogP contribution in [0.25, 0.3) is 0 Å². The van der Waals surface area contributed by atoms with Gasteiger partial charge in [0.2, 0.25) is 5.91 Å². The summed E-state index contributed by atoms with van der Waals surface area (Å²) in [7, 11) is 0.433. The van der Waals surface area contributed by atoms with E-state index in [0.717, 1.165) is 6.42 Å². The van der Waals surface area contributed by atoms with E-state index in [1.807, 2.05) is 6.92 Å². The number of halogens is 1. The fraction of sp³-hybridized carbons (Fsp3) is 0.857. The molecule has 0 aliphatic heterocycles. The van der Waals surface area contributed by atoms with Crippen molar-refractivity contribution < 1.29 is 18.1 Å². The summed E-state index contributed by atoms with van der Waals surface area (Å²) < 4.78 is 15.6. The average Bonchev–Trinajstić information content (AvgIpc) is 2.12. The third kappa shape index (κ3) is 5.56. The van der Waals surface area contributed by atoms with Gasteiger partial charge < -0.3 is 19.0 Å². The largest absolute Gasteiger partial charge is 0.500 e. The van der Waals surface area contributed by atoms with Crippen molar-refractivity contribution in [2.75, 3.05) is 20.8 Å². The predicted octanol–water partition coefficient (Wildman–Crippen LogP) is 0.552. The van der Waals surface area contributed by atoms with Gasteiger partial charge in [-0.1, -0.05) is 13.3 Å². The summed E-state index contributed by atoms with van der Waals surface area (Å²) in [5, 5.41) is 0. The molecule has 14 heavy (non-hydrogen) atoms. The molecule has 0 aromatic rings. The molecule has 0 fully saturated rings. The summed E-state index contributed by atoms with van der Waals surface area (Å²) in [5.41, 5.74) is 4.95. The van der Waals surface area contributed by atoms with Gasteiger partial charge >= 0.3 is 8.80 Å². The zero-order valence-electron chi connectivity index (χ0n) is 8.74. The van der Waals surface area contributed by atoms with Crippen LogP contribution in [0.3, 0.4) is 0 Å². The molecule has 0 bridgehead atoms. The van der Waals surface area contributed by atoms with Crippen LogP contribution in [0, 0.1) is 0 Å². The second-order valence-electron chi connectivity index (χ2n) is 2.60. The number of nitrogens with two attached hydrogens (primary N) is 1. The first-order valence-electron chi connectivity index (χ1n) is 4.12. The summed E-state index contributed by atoms with van der Waals surface area (Å²) in [6.45, 7) is 1.85. The van der Waals surface area contributed by atoms with Gasteiger partial charge in [-0.25, -0.2) is 0 Å². The van der Waals surface area contributed by atoms with Crippen LogP contribution in [-0.4, -0.2) is 35.5 Å². The first-order valence-corrected chi connectivity index (χ1v) is 6.06. The zero-order valence-corrected chi connectivity index (χ0v) is 10.6. The van der Waals surface area contributed by atoms with E-state index in [1.165, 1.54) is 14.2 Å². The fourth-order valence-electron chi connectivity index (χ4n) is 0.965. The number of hydrogen-bond donors (Lipinski definition) is 1. The molecule has 5 nitrogen and oxygen atoms in total. The van der Waals surface area contributed by atoms with Gasteiger partial charge in [-0.15, -0.1) is 12.4 Å². The Morgan fingerprint density at radius 1 is 1.36 bits per heavy atom. The van der Waals surface area contributed by atoms with Crippen LogP contribution in [0.5, 0.6) is 0 Å². The molecule has 0 heterocycles. The lowest BCUT2D eigenvalue weighted by molar-refractivity contribution is -0.121. The number of carbonyl (C=O) groups is 1. The molecule has 2 N–H and O–H groups in total. The molecule has 0 unspecified atom stereocenters. The van der Waals surface area contributed by atoms with Crippen molar-refractivity contribution in [3.63, 3.8) is 0 Å². The van der Waals surface area contributed by atoms with Gasteiger partial charge in [0.25, 0.3) is 0 Å². The SMILES string of the molecule is CCC[Si](OC)(OC)OCC(N)=O.Cl. The van der Waals surface area contributed by atoms with Crippen molar-refractivity contribution in [2.24, 2.45) is 5.73 Å². The molecule has 0 aliphatic carbocycles. The van der Waals surface area contributed by atoms with E-state index in [4.69, 9.17) is 19.0 Å². The molecule has 1 amide bonds. The van der Waals surface area contributed by atoms with Gasteiger partial charge in [-0.3, -0.25) is 4.79 Å². The maximum Gasteiger partial charge on any atom is 0.500 e. The van der Waals surface area contributed by atoms with E-state index >= 15 is 0 Å². The summed E-state index contributed by atoms with van der Waals surface area (Å²) >= 11 is 0. The van der Waals surface area contributed by atoms with E-state index < -0.39 is 14.7 Å². The Labute approximate surface area is 91.7 Å². The molecule has 0 rings (SSSR count). The van der Waals surface area contributed by atoms with E-state index in [1.54, 1.807) is 0 Å². The summed E-state index contributed by atoms with van der Waals surface area (Å²) in [4.78, 5) is 10.5. The molecule has 0 aromatic heterocycles. The minimum atomic E-state index is -2.61. The monoisotopic (exact) mass is 243 g/mol. The standard InChI is InChI=1S/C7H17NO4Si.ClH/c1-4-5-13(10-2,11-3)12-6-7(8)9;/h4-6H2,1-3H3,(H2,8,9);1H. The lowest BCUT2D eigenvalue weighted by Gasteiger charge is -2.25. The quantitative estimate of drug-likeness (QED) is 0.663. The summed E-state index contributed by atoms with van der Waals surface area (Å²) in [5.74, 6) is -0.512. The topological polar surface area (TPSA) is 70.8 Å². The van der Waals surface area contributed by atoms with Crippen LogP contribution in [0.15, 0.2) is 0 Å². The highest BCUT2D eigenvalue weighted by Gasteiger charge is 2.38. The molecule has 0 saturated carbocycles. The first kappa shape index (κ1) is 16.3. The summed E-state index contributed by atoms with van der Waals surface area (Å²) in [6.07, 6.45) is 0.882. The molecular weight excluding hydrogens is 226 g/mol. The van der Waals surface area contributed by atoms with Crippen molar-refractivity contribution in [2.45, 2.75) is 19.4 Å². The first-order chi connectivity index (χ1) is 6.10. The fourth-order valence-corrected chi connectivity index (χ4v) is 2.89. The van der Waals surface area contributed by atoms with E-state index in [0.29, 0.717) is 6.04 Å². The molecule has 0 atom stereocenters. The van der Waals surface area contributed by atoms with Crippen molar-refractivity contribution >= 4 is 27.1 Å². The van der Waals surface area contributed by atoms with E-state index in [9.17, 15) is 4.79 Å². The number of carbonyl (C=O) groups excluding carboxylic acids is 1. The maximum atomic E-state index is 10.5. The molecule has 0 aliphatic rings. The number of rotatable bonds is 7. The molecule has 0 radical (unpaired) electrons. The molecule has 0 saturated heterocycles. The van der Waals surface area contributed by atoms with Crippen molar-refractivity contribution in [3.05, 3.63) is 0 Å². The Bertz CT molecular complexity index is 166. The Morgan fingerprint density at radius 2 is 1.86 bits per heavy atom. The molecule has 86 valence electrons. The lowest BCUT2D eigenvalue weighted by atomic mass is 10.6. The molecular formula is C7H18ClNO4Si. The summed E-state index contributed by atoms with van der Waals surface area (Å²) in [6, 6.07) is 0.688. The maximum absolute atomic E-state index is 10.5. The van der Waals surface area contributed by atoms with E-state index in [-0.39, 0.29) is 19.0 Å². The van der Waals surface area contributed by atoms with Gasteiger partial charge in [0.15, 0.2) is 0 Å². The van der Waals surface area contributed by atoms with Crippen molar-refractivity contribution in [3.8, 4) is 0 Å². The van der Waals surface area contributed by atoms with Crippen molar-refractivity contribution in [1.82, 2.24) is 0 Å². The Balaban J connectivity index is 0. The van der Waals surface area contributed by atoms with Crippen LogP contribution in [0.4, 0.5) is 0 Å². The lowest BCUT2D eigenvalue weighted by Crippen LogP contribution is -2.45. The second-order valence-corrected chi connectivity index (χ2v) is 5.57. The van der Waals surface area contributed by atoms with Gasteiger partial charge in [0, 0.05) is 20.3 Å². The third-order valence-corrected chi connectivity index (χ3v) is 4.55. The van der Waals surface area contributed by atoms with Crippen LogP contribution >= 0.6 is 12.4 Å². The van der Waals surface area contributed by atoms with Gasteiger partial charge in [0.05, 0.1) is 0 Å². The van der Waals surface area contributed by atoms with Gasteiger partial charge in [0.1, 0.15) is 6.61 Å². The highest BCUT2D eigenvalue weighted by Crippen LogP contribution is 2.15. The minimum absolute atomic E-state index is 0. The zero-order chi connectivity index (χ0) is 10.3. The van der Waals surface area contributed by atoms with Crippen LogP contribution < -0.4 is 5.73 Å². The minimum Gasteiger partial charge on any atom is -0.377 e.